The van der Waals surface area contributed by atoms with E-state index in [9.17, 15) is 13.2 Å². The maximum absolute atomic E-state index is 11.2. The molecule has 15 heavy (non-hydrogen) atoms. The molecule has 0 atom stereocenters. The molecular weight excluding hydrogens is 220 g/mol. The summed E-state index contributed by atoms with van der Waals surface area (Å²) in [4.78, 5) is 10.9. The summed E-state index contributed by atoms with van der Waals surface area (Å²) in [5, 5.41) is 0. The van der Waals surface area contributed by atoms with Crippen molar-refractivity contribution in [2.75, 3.05) is 0 Å². The van der Waals surface area contributed by atoms with Crippen LogP contribution in [0.4, 0.5) is 0 Å². The summed E-state index contributed by atoms with van der Waals surface area (Å²) in [5.74, 6) is -0.828. The van der Waals surface area contributed by atoms with Crippen LogP contribution in [0.2, 0.25) is 0 Å². The average molecular weight is 234 g/mol. The second-order valence-corrected chi connectivity index (χ2v) is 4.29. The molecule has 0 aromatic heterocycles. The third kappa shape index (κ3) is 4.26. The lowest BCUT2D eigenvalue weighted by atomic mass is 10.2. The second kappa shape index (κ2) is 5.67. The Morgan fingerprint density at radius 2 is 2.07 bits per heavy atom. The summed E-state index contributed by atoms with van der Waals surface area (Å²) < 4.78 is 35.2. The van der Waals surface area contributed by atoms with Gasteiger partial charge in [-0.3, -0.25) is 4.55 Å². The van der Waals surface area contributed by atoms with E-state index < -0.39 is 16.1 Å². The van der Waals surface area contributed by atoms with Crippen LogP contribution in [0.1, 0.15) is 26.7 Å². The Morgan fingerprint density at radius 3 is 2.40 bits per heavy atom. The maximum atomic E-state index is 11.2. The summed E-state index contributed by atoms with van der Waals surface area (Å²) in [5.41, 5.74) is -0.126. The molecule has 0 amide bonds. The number of hydrogen-bond acceptors (Lipinski definition) is 4. The third-order valence-corrected chi connectivity index (χ3v) is 2.84. The van der Waals surface area contributed by atoms with Crippen molar-refractivity contribution in [2.24, 2.45) is 0 Å². The highest BCUT2D eigenvalue weighted by molar-refractivity contribution is 7.89. The fourth-order valence-electron chi connectivity index (χ4n) is 1.01. The smallest absolute Gasteiger partial charge is 0.339 e. The Hall–Kier alpha value is -1.14. The van der Waals surface area contributed by atoms with Crippen LogP contribution in [0.25, 0.3) is 0 Å². The molecular formula is C9H14O5S. The minimum atomic E-state index is -4.35. The van der Waals surface area contributed by atoms with E-state index in [-0.39, 0.29) is 16.9 Å². The predicted octanol–water partition coefficient (Wildman–Crippen LogP) is 1.64. The lowest BCUT2D eigenvalue weighted by Gasteiger charge is -2.06. The van der Waals surface area contributed by atoms with Crippen LogP contribution in [0.3, 0.4) is 0 Å². The molecule has 0 aliphatic carbocycles. The molecule has 0 saturated heterocycles. The number of ether oxygens (including phenoxy) is 1. The van der Waals surface area contributed by atoms with Gasteiger partial charge in [-0.25, -0.2) is 4.79 Å². The Kier molecular flexibility index (Phi) is 5.24. The van der Waals surface area contributed by atoms with Crippen molar-refractivity contribution in [3.63, 3.8) is 0 Å². The molecule has 86 valence electrons. The number of carbonyl (C=O) groups is 1. The van der Waals surface area contributed by atoms with Crippen LogP contribution in [-0.4, -0.2) is 18.9 Å². The summed E-state index contributed by atoms with van der Waals surface area (Å²) in [6.45, 7) is 6.19. The van der Waals surface area contributed by atoms with E-state index in [4.69, 9.17) is 4.55 Å². The van der Waals surface area contributed by atoms with Crippen molar-refractivity contribution in [1.82, 2.24) is 0 Å². The number of allylic oxidation sites excluding steroid dienone is 1. The fourth-order valence-corrected chi connectivity index (χ4v) is 1.95. The molecule has 5 nitrogen and oxygen atoms in total. The van der Waals surface area contributed by atoms with Crippen LogP contribution in [-0.2, 0) is 19.6 Å². The lowest BCUT2D eigenvalue weighted by molar-refractivity contribution is -0.133. The monoisotopic (exact) mass is 234 g/mol. The van der Waals surface area contributed by atoms with Gasteiger partial charge in [0.2, 0.25) is 0 Å². The van der Waals surface area contributed by atoms with Crippen LogP contribution >= 0.6 is 0 Å². The minimum absolute atomic E-state index is 0.0942. The molecule has 6 heteroatoms. The van der Waals surface area contributed by atoms with Crippen LogP contribution in [0.5, 0.6) is 0 Å². The summed E-state index contributed by atoms with van der Waals surface area (Å²) in [6.07, 6.45) is 1.49. The van der Waals surface area contributed by atoms with Gasteiger partial charge in [0.05, 0.1) is 16.7 Å². The van der Waals surface area contributed by atoms with Crippen molar-refractivity contribution in [3.8, 4) is 0 Å². The Labute approximate surface area is 89.2 Å². The Morgan fingerprint density at radius 1 is 1.53 bits per heavy atom. The molecule has 0 saturated carbocycles. The molecule has 0 aliphatic heterocycles. The van der Waals surface area contributed by atoms with Crippen LogP contribution < -0.4 is 0 Å². The highest BCUT2D eigenvalue weighted by atomic mass is 32.2. The predicted molar refractivity (Wildman–Crippen MR) is 55.4 cm³/mol. The number of hydrogen-bond donors (Lipinski definition) is 1. The molecule has 0 unspecified atom stereocenters. The van der Waals surface area contributed by atoms with Gasteiger partial charge < -0.3 is 4.74 Å². The largest absolute Gasteiger partial charge is 0.432 e. The molecule has 0 radical (unpaired) electrons. The average Bonchev–Trinajstić information content (AvgIpc) is 2.11. The van der Waals surface area contributed by atoms with Gasteiger partial charge in [-0.1, -0.05) is 19.9 Å². The first kappa shape index (κ1) is 13.9. The molecule has 0 aliphatic rings. The number of rotatable bonds is 5. The van der Waals surface area contributed by atoms with Gasteiger partial charge in [0, 0.05) is 0 Å². The molecule has 0 aromatic carbocycles. The second-order valence-electron chi connectivity index (χ2n) is 2.85. The first-order valence-corrected chi connectivity index (χ1v) is 5.77. The van der Waals surface area contributed by atoms with Gasteiger partial charge in [-0.05, 0) is 13.3 Å². The van der Waals surface area contributed by atoms with Gasteiger partial charge in [0.25, 0.3) is 10.1 Å². The molecule has 0 aromatic rings. The van der Waals surface area contributed by atoms with E-state index in [0.29, 0.717) is 6.42 Å². The summed E-state index contributed by atoms with van der Waals surface area (Å²) in [7, 11) is -4.35. The molecule has 0 bridgehead atoms. The zero-order valence-corrected chi connectivity index (χ0v) is 9.50. The van der Waals surface area contributed by atoms with Crippen molar-refractivity contribution in [3.05, 3.63) is 23.3 Å². The van der Waals surface area contributed by atoms with Crippen molar-refractivity contribution < 1.29 is 22.5 Å². The van der Waals surface area contributed by atoms with Crippen LogP contribution in [0.15, 0.2) is 23.3 Å². The van der Waals surface area contributed by atoms with E-state index in [1.54, 1.807) is 6.92 Å². The maximum Gasteiger partial charge on any atom is 0.339 e. The number of carbonyl (C=O) groups excluding carboxylic acids is 1. The Bertz CT molecular complexity index is 377. The summed E-state index contributed by atoms with van der Waals surface area (Å²) in [6, 6.07) is 0. The highest BCUT2D eigenvalue weighted by Crippen LogP contribution is 2.18. The van der Waals surface area contributed by atoms with E-state index >= 15 is 0 Å². The van der Waals surface area contributed by atoms with Gasteiger partial charge in [-0.2, -0.15) is 8.42 Å². The molecule has 0 heterocycles. The van der Waals surface area contributed by atoms with E-state index in [1.165, 1.54) is 6.92 Å². The van der Waals surface area contributed by atoms with Gasteiger partial charge in [0.1, 0.15) is 0 Å². The molecule has 0 spiro atoms. The van der Waals surface area contributed by atoms with Crippen molar-refractivity contribution >= 4 is 16.1 Å². The third-order valence-electron chi connectivity index (χ3n) is 1.70. The van der Waals surface area contributed by atoms with Crippen LogP contribution in [0, 0.1) is 0 Å². The first-order valence-electron chi connectivity index (χ1n) is 4.33. The SMILES string of the molecule is C=COC(=O)C(C)=C(CCC)S(=O)(=O)O. The quantitative estimate of drug-likeness (QED) is 0.338. The topological polar surface area (TPSA) is 80.7 Å². The van der Waals surface area contributed by atoms with E-state index in [1.807, 2.05) is 0 Å². The molecule has 1 N–H and O–H groups in total. The first-order chi connectivity index (χ1) is 6.84. The van der Waals surface area contributed by atoms with Gasteiger partial charge in [0.15, 0.2) is 0 Å². The lowest BCUT2D eigenvalue weighted by Crippen LogP contribution is -2.11. The zero-order chi connectivity index (χ0) is 12.1. The summed E-state index contributed by atoms with van der Waals surface area (Å²) >= 11 is 0. The van der Waals surface area contributed by atoms with E-state index in [2.05, 4.69) is 11.3 Å². The fraction of sp³-hybridized carbons (Fsp3) is 0.444. The van der Waals surface area contributed by atoms with Gasteiger partial charge >= 0.3 is 5.97 Å². The highest BCUT2D eigenvalue weighted by Gasteiger charge is 2.20. The van der Waals surface area contributed by atoms with Crippen molar-refractivity contribution in [1.29, 1.82) is 0 Å². The van der Waals surface area contributed by atoms with Crippen molar-refractivity contribution in [2.45, 2.75) is 26.7 Å². The minimum Gasteiger partial charge on any atom is -0.432 e. The molecule has 0 rings (SSSR count). The molecule has 0 fully saturated rings. The van der Waals surface area contributed by atoms with Gasteiger partial charge in [-0.15, -0.1) is 0 Å². The zero-order valence-electron chi connectivity index (χ0n) is 8.69. The Balaban J connectivity index is 5.27. The number of esters is 1. The standard InChI is InChI=1S/C9H14O5S/c1-4-6-8(15(11,12)13)7(3)9(10)14-5-2/h5H,2,4,6H2,1,3H3,(H,11,12,13). The normalized spacial score (nSPS) is 13.0. The van der Waals surface area contributed by atoms with E-state index in [0.717, 1.165) is 6.26 Å².